The van der Waals surface area contributed by atoms with Gasteiger partial charge in [-0.05, 0) is 56.2 Å². The van der Waals surface area contributed by atoms with E-state index in [4.69, 9.17) is 4.42 Å². The van der Waals surface area contributed by atoms with Crippen molar-refractivity contribution in [3.8, 4) is 0 Å². The summed E-state index contributed by atoms with van der Waals surface area (Å²) in [5.41, 5.74) is 1.38. The van der Waals surface area contributed by atoms with Gasteiger partial charge in [0.15, 0.2) is 5.76 Å². The summed E-state index contributed by atoms with van der Waals surface area (Å²) in [6.07, 6.45) is 4.61. The summed E-state index contributed by atoms with van der Waals surface area (Å²) >= 11 is 0. The van der Waals surface area contributed by atoms with Crippen LogP contribution in [-0.2, 0) is 16.4 Å². The lowest BCUT2D eigenvalue weighted by atomic mass is 10.0. The highest BCUT2D eigenvalue weighted by atomic mass is 32.2. The zero-order chi connectivity index (χ0) is 19.9. The van der Waals surface area contributed by atoms with Crippen LogP contribution in [0.2, 0.25) is 0 Å². The summed E-state index contributed by atoms with van der Waals surface area (Å²) in [6, 6.07) is 4.98. The van der Waals surface area contributed by atoms with Gasteiger partial charge < -0.3 is 9.32 Å². The number of carbonyl (C=O) groups is 1. The fourth-order valence-corrected chi connectivity index (χ4v) is 6.01. The number of benzene rings is 1. The first kappa shape index (κ1) is 19.5. The molecule has 1 aromatic carbocycles. The topological polar surface area (TPSA) is 70.8 Å². The van der Waals surface area contributed by atoms with Crippen LogP contribution < -0.4 is 0 Å². The number of sulfonamides is 1. The summed E-state index contributed by atoms with van der Waals surface area (Å²) in [4.78, 5) is 15.0. The van der Waals surface area contributed by atoms with Crippen LogP contribution in [0.4, 0.5) is 0 Å². The van der Waals surface area contributed by atoms with Crippen LogP contribution in [0.25, 0.3) is 11.0 Å². The molecule has 2 aliphatic heterocycles. The maximum absolute atomic E-state index is 13.1. The van der Waals surface area contributed by atoms with Crippen molar-refractivity contribution in [2.75, 3.05) is 26.2 Å². The van der Waals surface area contributed by atoms with Crippen LogP contribution >= 0.6 is 0 Å². The number of fused-ring (bicyclic) bond motifs is 1. The zero-order valence-electron chi connectivity index (χ0n) is 16.6. The molecule has 1 atom stereocenters. The van der Waals surface area contributed by atoms with Gasteiger partial charge in [0, 0.05) is 37.1 Å². The van der Waals surface area contributed by atoms with Gasteiger partial charge in [-0.15, -0.1) is 0 Å². The minimum atomic E-state index is -3.54. The lowest BCUT2D eigenvalue weighted by Crippen LogP contribution is -2.39. The van der Waals surface area contributed by atoms with E-state index in [0.29, 0.717) is 36.8 Å². The number of carbonyl (C=O) groups excluding carboxylic acids is 1. The molecule has 0 N–H and O–H groups in total. The molecule has 28 heavy (non-hydrogen) atoms. The van der Waals surface area contributed by atoms with Crippen molar-refractivity contribution in [1.82, 2.24) is 9.21 Å². The van der Waals surface area contributed by atoms with E-state index in [1.807, 2.05) is 11.8 Å². The van der Waals surface area contributed by atoms with Crippen molar-refractivity contribution in [2.24, 2.45) is 5.92 Å². The van der Waals surface area contributed by atoms with Crippen molar-refractivity contribution in [2.45, 2.75) is 50.8 Å². The molecule has 0 bridgehead atoms. The molecule has 4 rings (SSSR count). The Morgan fingerprint density at radius 3 is 2.61 bits per heavy atom. The van der Waals surface area contributed by atoms with Crippen LogP contribution in [-0.4, -0.2) is 49.7 Å². The van der Waals surface area contributed by atoms with Gasteiger partial charge in [-0.25, -0.2) is 8.42 Å². The molecule has 6 nitrogen and oxygen atoms in total. The first-order chi connectivity index (χ1) is 13.4. The maximum atomic E-state index is 13.1. The highest BCUT2D eigenvalue weighted by Crippen LogP contribution is 2.32. The predicted octanol–water partition coefficient (Wildman–Crippen LogP) is 3.65. The normalized spacial score (nSPS) is 21.5. The van der Waals surface area contributed by atoms with Gasteiger partial charge >= 0.3 is 0 Å². The molecule has 2 saturated heterocycles. The first-order valence-electron chi connectivity index (χ1n) is 10.3. The van der Waals surface area contributed by atoms with Gasteiger partial charge in [-0.1, -0.05) is 13.8 Å². The second kappa shape index (κ2) is 7.52. The lowest BCUT2D eigenvalue weighted by Gasteiger charge is -2.30. The molecular weight excluding hydrogens is 376 g/mol. The Labute approximate surface area is 166 Å². The monoisotopic (exact) mass is 404 g/mol. The molecule has 7 heteroatoms. The lowest BCUT2D eigenvalue weighted by molar-refractivity contribution is 0.0762. The Morgan fingerprint density at radius 1 is 1.18 bits per heavy atom. The molecule has 2 aliphatic rings. The fraction of sp³-hybridized carbons (Fsp3) is 0.571. The van der Waals surface area contributed by atoms with Crippen molar-refractivity contribution in [3.63, 3.8) is 0 Å². The Balaban J connectivity index is 1.73. The summed E-state index contributed by atoms with van der Waals surface area (Å²) < 4.78 is 33.8. The van der Waals surface area contributed by atoms with Crippen LogP contribution in [0.15, 0.2) is 27.5 Å². The number of aryl methyl sites for hydroxylation is 1. The van der Waals surface area contributed by atoms with Crippen LogP contribution in [0.1, 0.15) is 55.6 Å². The average molecular weight is 405 g/mol. The predicted molar refractivity (Wildman–Crippen MR) is 108 cm³/mol. The van der Waals surface area contributed by atoms with Crippen molar-refractivity contribution >= 4 is 26.9 Å². The molecule has 152 valence electrons. The second-order valence-corrected chi connectivity index (χ2v) is 9.97. The van der Waals surface area contributed by atoms with Crippen molar-refractivity contribution in [3.05, 3.63) is 29.5 Å². The first-order valence-corrected chi connectivity index (χ1v) is 11.7. The van der Waals surface area contributed by atoms with Crippen LogP contribution in [0, 0.1) is 5.92 Å². The largest absolute Gasteiger partial charge is 0.451 e. The van der Waals surface area contributed by atoms with E-state index in [1.165, 1.54) is 0 Å². The maximum Gasteiger partial charge on any atom is 0.289 e. The Hall–Kier alpha value is -1.86. The molecule has 0 saturated carbocycles. The molecule has 1 amide bonds. The van der Waals surface area contributed by atoms with Gasteiger partial charge in [0.1, 0.15) is 5.58 Å². The highest BCUT2D eigenvalue weighted by molar-refractivity contribution is 7.89. The number of nitrogens with zero attached hydrogens (tertiary/aromatic N) is 2. The average Bonchev–Trinajstić information content (AvgIpc) is 3.34. The number of furan rings is 1. The van der Waals surface area contributed by atoms with Crippen LogP contribution in [0.3, 0.4) is 0 Å². The number of amides is 1. The van der Waals surface area contributed by atoms with Crippen molar-refractivity contribution in [1.29, 1.82) is 0 Å². The van der Waals surface area contributed by atoms with E-state index in [-0.39, 0.29) is 10.8 Å². The van der Waals surface area contributed by atoms with Gasteiger partial charge in [-0.3, -0.25) is 4.79 Å². The fourth-order valence-electron chi connectivity index (χ4n) is 4.39. The molecule has 0 aliphatic carbocycles. The summed E-state index contributed by atoms with van der Waals surface area (Å²) in [6.45, 7) is 6.70. The Kier molecular flexibility index (Phi) is 5.22. The third-order valence-corrected chi connectivity index (χ3v) is 7.82. The van der Waals surface area contributed by atoms with Crippen LogP contribution in [0.5, 0.6) is 0 Å². The number of likely N-dealkylation sites (tertiary alicyclic amines) is 1. The van der Waals surface area contributed by atoms with E-state index in [0.717, 1.165) is 49.7 Å². The van der Waals surface area contributed by atoms with Gasteiger partial charge in [0.05, 0.1) is 4.90 Å². The van der Waals surface area contributed by atoms with Gasteiger partial charge in [-0.2, -0.15) is 4.31 Å². The van der Waals surface area contributed by atoms with E-state index in [9.17, 15) is 13.2 Å². The third kappa shape index (κ3) is 3.35. The standard InChI is InChI=1S/C21H28N2O4S/c1-3-17-18-13-16(28(25,26)23-12-6-7-15(2)14-23)8-9-19(18)27-20(17)21(24)22-10-4-5-11-22/h8-9,13,15H,3-7,10-12,14H2,1-2H3. The highest BCUT2D eigenvalue weighted by Gasteiger charge is 2.31. The van der Waals surface area contributed by atoms with E-state index in [1.54, 1.807) is 22.5 Å². The van der Waals surface area contributed by atoms with E-state index < -0.39 is 10.0 Å². The zero-order valence-corrected chi connectivity index (χ0v) is 17.4. The molecule has 1 aromatic heterocycles. The van der Waals surface area contributed by atoms with E-state index in [2.05, 4.69) is 6.92 Å². The molecular formula is C21H28N2O4S. The summed E-state index contributed by atoms with van der Waals surface area (Å²) in [5.74, 6) is 0.650. The Morgan fingerprint density at radius 2 is 1.93 bits per heavy atom. The molecule has 1 unspecified atom stereocenters. The molecule has 3 heterocycles. The Bertz CT molecular complexity index is 989. The van der Waals surface area contributed by atoms with E-state index >= 15 is 0 Å². The number of piperidine rings is 1. The van der Waals surface area contributed by atoms with Crippen molar-refractivity contribution < 1.29 is 17.6 Å². The minimum absolute atomic E-state index is 0.0835. The van der Waals surface area contributed by atoms with Gasteiger partial charge in [0.2, 0.25) is 10.0 Å². The summed E-state index contributed by atoms with van der Waals surface area (Å²) in [5, 5.41) is 0.733. The smallest absolute Gasteiger partial charge is 0.289 e. The van der Waals surface area contributed by atoms with Gasteiger partial charge in [0.25, 0.3) is 5.91 Å². The third-order valence-electron chi connectivity index (χ3n) is 5.96. The molecule has 0 radical (unpaired) electrons. The quantitative estimate of drug-likeness (QED) is 0.780. The summed E-state index contributed by atoms with van der Waals surface area (Å²) in [7, 11) is -3.54. The second-order valence-electron chi connectivity index (χ2n) is 8.03. The molecule has 2 fully saturated rings. The SMILES string of the molecule is CCc1c(C(=O)N2CCCC2)oc2ccc(S(=O)(=O)N3CCCC(C)C3)cc12. The molecule has 2 aromatic rings. The molecule has 0 spiro atoms. The minimum Gasteiger partial charge on any atom is -0.451 e. The number of hydrogen-bond acceptors (Lipinski definition) is 4. The number of hydrogen-bond donors (Lipinski definition) is 0. The number of rotatable bonds is 4.